The van der Waals surface area contributed by atoms with Crippen molar-refractivity contribution >= 4 is 23.4 Å². The van der Waals surface area contributed by atoms with Gasteiger partial charge in [-0.2, -0.15) is 0 Å². The average Bonchev–Trinajstić information content (AvgIpc) is 2.62. The number of ketones is 2. The van der Waals surface area contributed by atoms with E-state index in [0.717, 1.165) is 6.42 Å². The Morgan fingerprint density at radius 2 is 1.82 bits per heavy atom. The van der Waals surface area contributed by atoms with E-state index in [2.05, 4.69) is 5.32 Å². The van der Waals surface area contributed by atoms with Gasteiger partial charge in [0.15, 0.2) is 0 Å². The van der Waals surface area contributed by atoms with Crippen LogP contribution >= 0.6 is 0 Å². The van der Waals surface area contributed by atoms with E-state index >= 15 is 0 Å². The molecule has 2 fully saturated rings. The zero-order valence-corrected chi connectivity index (χ0v) is 9.53. The molecular formula is C12H15NO4. The van der Waals surface area contributed by atoms with Crippen molar-refractivity contribution in [3.05, 3.63) is 0 Å². The minimum absolute atomic E-state index is 0.0154. The van der Waals surface area contributed by atoms with E-state index in [4.69, 9.17) is 0 Å². The third kappa shape index (κ3) is 2.78. The summed E-state index contributed by atoms with van der Waals surface area (Å²) in [7, 11) is 0. The van der Waals surface area contributed by atoms with Crippen molar-refractivity contribution in [2.75, 3.05) is 0 Å². The van der Waals surface area contributed by atoms with Gasteiger partial charge in [0.1, 0.15) is 11.6 Å². The van der Waals surface area contributed by atoms with Crippen LogP contribution in [0.15, 0.2) is 0 Å². The number of imide groups is 1. The van der Waals surface area contributed by atoms with Gasteiger partial charge in [0, 0.05) is 25.7 Å². The van der Waals surface area contributed by atoms with E-state index in [1.54, 1.807) is 0 Å². The standard InChI is InChI=1S/C12H15NO4/c14-9-3-1-2-8(9)10(15)4-7-5-11(16)13-12(17)6-7/h7-8H,1-6H2,(H,13,16,17). The summed E-state index contributed by atoms with van der Waals surface area (Å²) in [6, 6.07) is 0. The molecule has 5 heteroatoms. The SMILES string of the molecule is O=C1CC(CC(=O)C2CCCC2=O)CC(=O)N1. The second kappa shape index (κ2) is 4.77. The minimum Gasteiger partial charge on any atom is -0.299 e. The first-order valence-electron chi connectivity index (χ1n) is 5.94. The van der Waals surface area contributed by atoms with Crippen LogP contribution in [0.4, 0.5) is 0 Å². The fraction of sp³-hybridized carbons (Fsp3) is 0.667. The Morgan fingerprint density at radius 1 is 1.18 bits per heavy atom. The highest BCUT2D eigenvalue weighted by atomic mass is 16.2. The molecule has 0 aromatic rings. The molecule has 2 rings (SSSR count). The molecule has 92 valence electrons. The van der Waals surface area contributed by atoms with Gasteiger partial charge < -0.3 is 0 Å². The lowest BCUT2D eigenvalue weighted by molar-refractivity contribution is -0.135. The zero-order valence-electron chi connectivity index (χ0n) is 9.53. The van der Waals surface area contributed by atoms with Crippen LogP contribution in [0.25, 0.3) is 0 Å². The molecule has 1 heterocycles. The minimum atomic E-state index is -0.477. The fourth-order valence-electron chi connectivity index (χ4n) is 2.58. The summed E-state index contributed by atoms with van der Waals surface area (Å²) in [5.74, 6) is -1.43. The van der Waals surface area contributed by atoms with Gasteiger partial charge in [0.2, 0.25) is 11.8 Å². The number of hydrogen-bond acceptors (Lipinski definition) is 4. The second-order valence-corrected chi connectivity index (χ2v) is 4.83. The molecule has 0 spiro atoms. The van der Waals surface area contributed by atoms with Crippen molar-refractivity contribution in [1.82, 2.24) is 5.32 Å². The van der Waals surface area contributed by atoms with Gasteiger partial charge in [-0.15, -0.1) is 0 Å². The molecule has 0 aromatic carbocycles. The number of nitrogens with one attached hydrogen (secondary N) is 1. The lowest BCUT2D eigenvalue weighted by Gasteiger charge is -2.21. The van der Waals surface area contributed by atoms with E-state index in [1.165, 1.54) is 0 Å². The van der Waals surface area contributed by atoms with Gasteiger partial charge in [0.25, 0.3) is 0 Å². The van der Waals surface area contributed by atoms with Gasteiger partial charge in [0.05, 0.1) is 5.92 Å². The molecule has 1 atom stereocenters. The highest BCUT2D eigenvalue weighted by Gasteiger charge is 2.34. The van der Waals surface area contributed by atoms with Gasteiger partial charge in [-0.3, -0.25) is 24.5 Å². The Kier molecular flexibility index (Phi) is 3.36. The lowest BCUT2D eigenvalue weighted by Crippen LogP contribution is -2.39. The van der Waals surface area contributed by atoms with Gasteiger partial charge in [-0.1, -0.05) is 0 Å². The summed E-state index contributed by atoms with van der Waals surface area (Å²) in [6.07, 6.45) is 2.48. The normalized spacial score (nSPS) is 26.1. The highest BCUT2D eigenvalue weighted by molar-refractivity contribution is 6.04. The summed E-state index contributed by atoms with van der Waals surface area (Å²) in [5.41, 5.74) is 0. The van der Waals surface area contributed by atoms with Gasteiger partial charge >= 0.3 is 0 Å². The molecule has 1 aliphatic carbocycles. The first kappa shape index (κ1) is 12.0. The largest absolute Gasteiger partial charge is 0.299 e. The van der Waals surface area contributed by atoms with Gasteiger partial charge in [-0.25, -0.2) is 0 Å². The predicted octanol–water partition coefficient (Wildman–Crippen LogP) is 0.368. The van der Waals surface area contributed by atoms with Crippen LogP contribution < -0.4 is 5.32 Å². The Morgan fingerprint density at radius 3 is 2.35 bits per heavy atom. The highest BCUT2D eigenvalue weighted by Crippen LogP contribution is 2.27. The molecule has 2 aliphatic rings. The van der Waals surface area contributed by atoms with E-state index < -0.39 is 5.92 Å². The van der Waals surface area contributed by atoms with Crippen molar-refractivity contribution in [1.29, 1.82) is 0 Å². The van der Waals surface area contributed by atoms with E-state index in [0.29, 0.717) is 12.8 Å². The first-order valence-corrected chi connectivity index (χ1v) is 5.94. The quantitative estimate of drug-likeness (QED) is 0.568. The number of Topliss-reactive ketones (excluding diaryl/α,β-unsaturated/α-hetero) is 2. The molecule has 0 aromatic heterocycles. The van der Waals surface area contributed by atoms with Crippen LogP contribution in [-0.2, 0) is 19.2 Å². The van der Waals surface area contributed by atoms with Crippen LogP contribution in [-0.4, -0.2) is 23.4 Å². The third-order valence-corrected chi connectivity index (χ3v) is 3.41. The van der Waals surface area contributed by atoms with E-state index in [-0.39, 0.29) is 48.6 Å². The van der Waals surface area contributed by atoms with E-state index in [9.17, 15) is 19.2 Å². The summed E-state index contributed by atoms with van der Waals surface area (Å²) in [4.78, 5) is 45.6. The van der Waals surface area contributed by atoms with Crippen LogP contribution in [0, 0.1) is 11.8 Å². The molecule has 2 amide bonds. The number of carbonyl (C=O) groups is 4. The third-order valence-electron chi connectivity index (χ3n) is 3.41. The maximum atomic E-state index is 11.9. The fourth-order valence-corrected chi connectivity index (χ4v) is 2.58. The van der Waals surface area contributed by atoms with Crippen LogP contribution in [0.5, 0.6) is 0 Å². The summed E-state index contributed by atoms with van der Waals surface area (Å²) in [6.45, 7) is 0. The molecule has 17 heavy (non-hydrogen) atoms. The first-order chi connectivity index (χ1) is 8.06. The number of carbonyl (C=O) groups excluding carboxylic acids is 4. The van der Waals surface area contributed by atoms with Crippen LogP contribution in [0.3, 0.4) is 0 Å². The molecule has 1 saturated carbocycles. The Balaban J connectivity index is 1.92. The smallest absolute Gasteiger partial charge is 0.226 e. The monoisotopic (exact) mass is 237 g/mol. The van der Waals surface area contributed by atoms with Crippen molar-refractivity contribution in [2.45, 2.75) is 38.5 Å². The maximum Gasteiger partial charge on any atom is 0.226 e. The number of amides is 2. The predicted molar refractivity (Wildman–Crippen MR) is 57.8 cm³/mol. The molecule has 1 unspecified atom stereocenters. The topological polar surface area (TPSA) is 80.3 Å². The van der Waals surface area contributed by atoms with Crippen molar-refractivity contribution in [2.24, 2.45) is 11.8 Å². The van der Waals surface area contributed by atoms with Crippen molar-refractivity contribution < 1.29 is 19.2 Å². The Labute approximate surface area is 98.9 Å². The molecule has 0 bridgehead atoms. The number of piperidine rings is 1. The van der Waals surface area contributed by atoms with Crippen molar-refractivity contribution in [3.8, 4) is 0 Å². The molecule has 1 aliphatic heterocycles. The Hall–Kier alpha value is -1.52. The van der Waals surface area contributed by atoms with Crippen molar-refractivity contribution in [3.63, 3.8) is 0 Å². The number of hydrogen-bond donors (Lipinski definition) is 1. The summed E-state index contributed by atoms with van der Waals surface area (Å²) in [5, 5.41) is 2.20. The van der Waals surface area contributed by atoms with E-state index in [1.807, 2.05) is 0 Å². The van der Waals surface area contributed by atoms with Gasteiger partial charge in [-0.05, 0) is 18.8 Å². The zero-order chi connectivity index (χ0) is 12.4. The Bertz CT molecular complexity index is 372. The average molecular weight is 237 g/mol. The molecule has 0 radical (unpaired) electrons. The summed E-state index contributed by atoms with van der Waals surface area (Å²) < 4.78 is 0. The number of rotatable bonds is 3. The van der Waals surface area contributed by atoms with Crippen LogP contribution in [0.1, 0.15) is 38.5 Å². The molecule has 1 N–H and O–H groups in total. The van der Waals surface area contributed by atoms with Crippen LogP contribution in [0.2, 0.25) is 0 Å². The summed E-state index contributed by atoms with van der Waals surface area (Å²) >= 11 is 0. The lowest BCUT2D eigenvalue weighted by atomic mass is 9.87. The maximum absolute atomic E-state index is 11.9. The molecule has 5 nitrogen and oxygen atoms in total. The molecule has 1 saturated heterocycles. The second-order valence-electron chi connectivity index (χ2n) is 4.83. The molecular weight excluding hydrogens is 222 g/mol.